The normalized spacial score (nSPS) is 12.0. The van der Waals surface area contributed by atoms with Crippen LogP contribution in [0.5, 0.6) is 11.5 Å². The summed E-state index contributed by atoms with van der Waals surface area (Å²) < 4.78 is 11.0. The molecular formula is C22H30N2O3. The molecule has 27 heavy (non-hydrogen) atoms. The van der Waals surface area contributed by atoms with E-state index in [1.54, 1.807) is 7.11 Å². The molecule has 0 heterocycles. The fraction of sp³-hybridized carbons (Fsp3) is 0.409. The van der Waals surface area contributed by atoms with Gasteiger partial charge in [-0.05, 0) is 63.6 Å². The van der Waals surface area contributed by atoms with Crippen LogP contribution in [0.15, 0.2) is 36.4 Å². The number of likely N-dealkylation sites (N-methyl/N-ethyl adjacent to an activating group) is 1. The van der Waals surface area contributed by atoms with Crippen LogP contribution in [0.2, 0.25) is 0 Å². The van der Waals surface area contributed by atoms with E-state index in [0.29, 0.717) is 18.9 Å². The Morgan fingerprint density at radius 3 is 2.41 bits per heavy atom. The molecule has 0 aliphatic rings. The average Bonchev–Trinajstić information content (AvgIpc) is 2.65. The third-order valence-electron chi connectivity index (χ3n) is 4.73. The van der Waals surface area contributed by atoms with Gasteiger partial charge in [-0.3, -0.25) is 9.69 Å². The quantitative estimate of drug-likeness (QED) is 0.758. The Balaban J connectivity index is 2.06. The molecule has 0 fully saturated rings. The Morgan fingerprint density at radius 2 is 1.81 bits per heavy atom. The molecule has 0 bridgehead atoms. The number of hydrogen-bond donors (Lipinski definition) is 1. The maximum Gasteiger partial charge on any atom is 0.241 e. The van der Waals surface area contributed by atoms with Gasteiger partial charge in [0, 0.05) is 12.2 Å². The van der Waals surface area contributed by atoms with Crippen molar-refractivity contribution in [1.82, 2.24) is 4.90 Å². The molecule has 0 aliphatic heterocycles. The Labute approximate surface area is 162 Å². The van der Waals surface area contributed by atoms with Crippen molar-refractivity contribution in [3.8, 4) is 11.5 Å². The number of carbonyl (C=O) groups excluding carboxylic acids is 1. The number of benzene rings is 2. The van der Waals surface area contributed by atoms with Gasteiger partial charge in [0.15, 0.2) is 11.5 Å². The largest absolute Gasteiger partial charge is 0.493 e. The van der Waals surface area contributed by atoms with Crippen molar-refractivity contribution in [2.45, 2.75) is 40.3 Å². The summed E-state index contributed by atoms with van der Waals surface area (Å²) >= 11 is 0. The summed E-state index contributed by atoms with van der Waals surface area (Å²) in [6.07, 6.45) is 0. The molecule has 1 amide bonds. The summed E-state index contributed by atoms with van der Waals surface area (Å²) in [4.78, 5) is 14.7. The van der Waals surface area contributed by atoms with E-state index in [2.05, 4.69) is 5.32 Å². The van der Waals surface area contributed by atoms with Crippen LogP contribution >= 0.6 is 0 Å². The van der Waals surface area contributed by atoms with Crippen LogP contribution in [0.25, 0.3) is 0 Å². The van der Waals surface area contributed by atoms with Crippen LogP contribution in [-0.4, -0.2) is 37.6 Å². The predicted octanol–water partition coefficient (Wildman–Crippen LogP) is 4.17. The first-order valence-corrected chi connectivity index (χ1v) is 9.24. The highest BCUT2D eigenvalue weighted by atomic mass is 16.5. The Hall–Kier alpha value is -2.53. The molecule has 2 aromatic carbocycles. The smallest absolute Gasteiger partial charge is 0.241 e. The van der Waals surface area contributed by atoms with E-state index in [1.807, 2.05) is 76.0 Å². The summed E-state index contributed by atoms with van der Waals surface area (Å²) in [6.45, 7) is 9.08. The number of anilines is 1. The van der Waals surface area contributed by atoms with Gasteiger partial charge in [-0.25, -0.2) is 0 Å². The Morgan fingerprint density at radius 1 is 1.15 bits per heavy atom. The third kappa shape index (κ3) is 5.23. The number of aryl methyl sites for hydroxylation is 2. The fourth-order valence-electron chi connectivity index (χ4n) is 2.95. The molecule has 0 aromatic heterocycles. The molecule has 2 aromatic rings. The van der Waals surface area contributed by atoms with Gasteiger partial charge in [0.1, 0.15) is 0 Å². The standard InChI is InChI=1S/C22H30N2O3/c1-7-27-19-12-11-18(13-20(19)26-6)14-24(5)17(4)22(25)23-21-15(2)9-8-10-16(21)3/h8-13,17H,7,14H2,1-6H3,(H,23,25)/t17-/m0/s1. The van der Waals surface area contributed by atoms with Crippen molar-refractivity contribution < 1.29 is 14.3 Å². The first-order chi connectivity index (χ1) is 12.9. The Bertz CT molecular complexity index is 769. The van der Waals surface area contributed by atoms with Crippen LogP contribution in [0, 0.1) is 13.8 Å². The van der Waals surface area contributed by atoms with Gasteiger partial charge >= 0.3 is 0 Å². The fourth-order valence-corrected chi connectivity index (χ4v) is 2.95. The van der Waals surface area contributed by atoms with E-state index in [9.17, 15) is 4.79 Å². The van der Waals surface area contributed by atoms with Gasteiger partial charge in [-0.1, -0.05) is 24.3 Å². The highest BCUT2D eigenvalue weighted by Crippen LogP contribution is 2.28. The van der Waals surface area contributed by atoms with Crippen molar-refractivity contribution in [2.24, 2.45) is 0 Å². The van der Waals surface area contributed by atoms with Crippen LogP contribution in [-0.2, 0) is 11.3 Å². The summed E-state index contributed by atoms with van der Waals surface area (Å²) in [7, 11) is 3.57. The van der Waals surface area contributed by atoms with Gasteiger partial charge < -0.3 is 14.8 Å². The highest BCUT2D eigenvalue weighted by Gasteiger charge is 2.20. The van der Waals surface area contributed by atoms with E-state index in [1.165, 1.54) is 0 Å². The number of ether oxygens (including phenoxy) is 2. The number of rotatable bonds is 8. The summed E-state index contributed by atoms with van der Waals surface area (Å²) in [5, 5.41) is 3.07. The summed E-state index contributed by atoms with van der Waals surface area (Å²) in [6, 6.07) is 11.6. The number of nitrogens with one attached hydrogen (secondary N) is 1. The zero-order valence-electron chi connectivity index (χ0n) is 17.1. The minimum Gasteiger partial charge on any atom is -0.493 e. The molecule has 1 N–H and O–H groups in total. The maximum atomic E-state index is 12.7. The molecule has 0 aliphatic carbocycles. The molecule has 0 spiro atoms. The maximum absolute atomic E-state index is 12.7. The topological polar surface area (TPSA) is 50.8 Å². The number of methoxy groups -OCH3 is 1. The number of nitrogens with zero attached hydrogens (tertiary/aromatic N) is 1. The predicted molar refractivity (Wildman–Crippen MR) is 110 cm³/mol. The molecule has 5 heteroatoms. The molecular weight excluding hydrogens is 340 g/mol. The van der Waals surface area contributed by atoms with E-state index < -0.39 is 0 Å². The highest BCUT2D eigenvalue weighted by molar-refractivity contribution is 5.95. The molecule has 0 saturated heterocycles. The molecule has 0 saturated carbocycles. The molecule has 146 valence electrons. The molecule has 2 rings (SSSR count). The zero-order chi connectivity index (χ0) is 20.0. The monoisotopic (exact) mass is 370 g/mol. The van der Waals surface area contributed by atoms with Crippen LogP contribution < -0.4 is 14.8 Å². The number of hydrogen-bond acceptors (Lipinski definition) is 4. The number of carbonyl (C=O) groups is 1. The first-order valence-electron chi connectivity index (χ1n) is 9.24. The second kappa shape index (κ2) is 9.42. The third-order valence-corrected chi connectivity index (χ3v) is 4.73. The zero-order valence-corrected chi connectivity index (χ0v) is 17.1. The lowest BCUT2D eigenvalue weighted by atomic mass is 10.1. The van der Waals surface area contributed by atoms with Gasteiger partial charge in [0.25, 0.3) is 0 Å². The SMILES string of the molecule is CCOc1ccc(CN(C)[C@@H](C)C(=O)Nc2c(C)cccc2C)cc1OC. The number of amides is 1. The van der Waals surface area contributed by atoms with Crippen molar-refractivity contribution in [3.05, 3.63) is 53.1 Å². The van der Waals surface area contributed by atoms with Gasteiger partial charge in [-0.2, -0.15) is 0 Å². The van der Waals surface area contributed by atoms with Crippen LogP contribution in [0.1, 0.15) is 30.5 Å². The molecule has 0 radical (unpaired) electrons. The molecule has 1 atom stereocenters. The van der Waals surface area contributed by atoms with Crippen molar-refractivity contribution in [1.29, 1.82) is 0 Å². The summed E-state index contributed by atoms with van der Waals surface area (Å²) in [5.74, 6) is 1.41. The number of para-hydroxylation sites is 1. The van der Waals surface area contributed by atoms with Crippen LogP contribution in [0.4, 0.5) is 5.69 Å². The average molecular weight is 370 g/mol. The van der Waals surface area contributed by atoms with Crippen molar-refractivity contribution >= 4 is 11.6 Å². The van der Waals surface area contributed by atoms with Crippen molar-refractivity contribution in [2.75, 3.05) is 26.1 Å². The van der Waals surface area contributed by atoms with E-state index >= 15 is 0 Å². The van der Waals surface area contributed by atoms with Crippen molar-refractivity contribution in [3.63, 3.8) is 0 Å². The Kier molecular flexibility index (Phi) is 7.25. The first kappa shape index (κ1) is 20.8. The second-order valence-corrected chi connectivity index (χ2v) is 6.77. The molecule has 5 nitrogen and oxygen atoms in total. The lowest BCUT2D eigenvalue weighted by Gasteiger charge is -2.25. The van der Waals surface area contributed by atoms with E-state index in [0.717, 1.165) is 28.1 Å². The lowest BCUT2D eigenvalue weighted by molar-refractivity contribution is -0.120. The lowest BCUT2D eigenvalue weighted by Crippen LogP contribution is -2.39. The van der Waals surface area contributed by atoms with Crippen LogP contribution in [0.3, 0.4) is 0 Å². The minimum absolute atomic E-state index is 0.0206. The second-order valence-electron chi connectivity index (χ2n) is 6.77. The van der Waals surface area contributed by atoms with Gasteiger partial charge in [0.2, 0.25) is 5.91 Å². The van der Waals surface area contributed by atoms with Gasteiger partial charge in [-0.15, -0.1) is 0 Å². The van der Waals surface area contributed by atoms with E-state index in [-0.39, 0.29) is 11.9 Å². The van der Waals surface area contributed by atoms with E-state index in [4.69, 9.17) is 9.47 Å². The van der Waals surface area contributed by atoms with Gasteiger partial charge in [0.05, 0.1) is 19.8 Å². The molecule has 0 unspecified atom stereocenters. The minimum atomic E-state index is -0.276. The summed E-state index contributed by atoms with van der Waals surface area (Å²) in [5.41, 5.74) is 4.08.